The smallest absolute Gasteiger partial charge is 0.257 e. The maximum absolute atomic E-state index is 13.8. The molecule has 2 unspecified atom stereocenters. The second-order valence-electron chi connectivity index (χ2n) is 12.2. The van der Waals surface area contributed by atoms with Crippen LogP contribution in [0.4, 0.5) is 17.1 Å². The normalized spacial score (nSPS) is 19.0. The number of carbonyl (C=O) groups is 2. The van der Waals surface area contributed by atoms with Crippen molar-refractivity contribution in [3.63, 3.8) is 0 Å². The molecule has 2 amide bonds. The monoisotopic (exact) mass is 637 g/mol. The predicted octanol–water partition coefficient (Wildman–Crippen LogP) is 5.35. The molecule has 0 spiro atoms. The van der Waals surface area contributed by atoms with Crippen LogP contribution in [0.3, 0.4) is 0 Å². The van der Waals surface area contributed by atoms with Gasteiger partial charge in [-0.05, 0) is 60.9 Å². The van der Waals surface area contributed by atoms with Crippen LogP contribution in [-0.2, 0) is 6.54 Å². The van der Waals surface area contributed by atoms with Crippen LogP contribution in [0.2, 0.25) is 5.02 Å². The minimum atomic E-state index is -0.337. The number of pyridine rings is 1. The molecule has 0 radical (unpaired) electrons. The maximum atomic E-state index is 13.8. The Morgan fingerprint density at radius 1 is 0.826 bits per heavy atom. The van der Waals surface area contributed by atoms with Crippen molar-refractivity contribution in [2.75, 3.05) is 61.5 Å². The molecule has 3 aliphatic rings. The highest BCUT2D eigenvalue weighted by Crippen LogP contribution is 2.40. The number of hydrogen-bond donors (Lipinski definition) is 1. The first-order valence-corrected chi connectivity index (χ1v) is 16.1. The molecule has 9 nitrogen and oxygen atoms in total. The van der Waals surface area contributed by atoms with Crippen LogP contribution in [0.5, 0.6) is 5.75 Å². The Morgan fingerprint density at radius 2 is 1.61 bits per heavy atom. The highest BCUT2D eigenvalue weighted by molar-refractivity contribution is 6.34. The molecule has 46 heavy (non-hydrogen) atoms. The number of hydrogen-bond acceptors (Lipinski definition) is 6. The number of halogens is 1. The quantitative estimate of drug-likeness (QED) is 0.307. The van der Waals surface area contributed by atoms with Crippen LogP contribution in [0.1, 0.15) is 38.7 Å². The van der Waals surface area contributed by atoms with Crippen molar-refractivity contribution in [1.29, 1.82) is 0 Å². The first-order chi connectivity index (χ1) is 22.4. The fourth-order valence-corrected chi connectivity index (χ4v) is 7.42. The number of rotatable bonds is 6. The van der Waals surface area contributed by atoms with E-state index in [4.69, 9.17) is 16.3 Å². The number of carbonyl (C=O) groups excluding carboxylic acids is 2. The maximum Gasteiger partial charge on any atom is 0.257 e. The molecule has 10 heteroatoms. The molecule has 236 valence electrons. The summed E-state index contributed by atoms with van der Waals surface area (Å²) in [5, 5.41) is 3.44. The third-order valence-electron chi connectivity index (χ3n) is 9.42. The number of para-hydroxylation sites is 2. The second-order valence-corrected chi connectivity index (χ2v) is 12.6. The minimum Gasteiger partial charge on any atom is -0.495 e. The van der Waals surface area contributed by atoms with Gasteiger partial charge in [-0.1, -0.05) is 41.9 Å². The van der Waals surface area contributed by atoms with Crippen molar-refractivity contribution in [3.8, 4) is 5.75 Å². The summed E-state index contributed by atoms with van der Waals surface area (Å²) in [6.45, 7) is 4.60. The van der Waals surface area contributed by atoms with Gasteiger partial charge in [-0.3, -0.25) is 14.4 Å². The Morgan fingerprint density at radius 3 is 2.41 bits per heavy atom. The van der Waals surface area contributed by atoms with Gasteiger partial charge in [0.1, 0.15) is 5.75 Å². The van der Waals surface area contributed by atoms with Crippen molar-refractivity contribution in [2.24, 2.45) is 5.92 Å². The zero-order chi connectivity index (χ0) is 31.8. The standard InChI is InChI=1S/C36H36ClN5O4/c1-46-33-11-5-4-9-32(33)39-15-17-40(18-16-39)36(45)25-13-14-31(29(20-25)38-35(44)27-7-2-3-8-28(27)37)41-21-24-19-26(23-41)30-10-6-12-34(43)42(30)22-24/h2-14,20,24,26H,15-19,21-23H2,1H3,(H,38,44). The Kier molecular flexibility index (Phi) is 8.17. The molecule has 0 saturated carbocycles. The summed E-state index contributed by atoms with van der Waals surface area (Å²) in [5.41, 5.74) is 4.40. The highest BCUT2D eigenvalue weighted by Gasteiger charge is 2.35. The van der Waals surface area contributed by atoms with E-state index in [2.05, 4.69) is 15.1 Å². The average Bonchev–Trinajstić information content (AvgIpc) is 3.08. The number of nitrogens with zero attached hydrogens (tertiary/aromatic N) is 4. The Bertz CT molecular complexity index is 1850. The molecule has 3 aliphatic heterocycles. The van der Waals surface area contributed by atoms with Gasteiger partial charge in [-0.2, -0.15) is 0 Å². The van der Waals surface area contributed by atoms with Gasteiger partial charge in [0, 0.05) is 69.1 Å². The number of fused-ring (bicyclic) bond motifs is 4. The lowest BCUT2D eigenvalue weighted by molar-refractivity contribution is 0.0746. The number of piperazine rings is 1. The number of anilines is 3. The van der Waals surface area contributed by atoms with Gasteiger partial charge in [-0.25, -0.2) is 0 Å². The van der Waals surface area contributed by atoms with Crippen LogP contribution in [-0.4, -0.2) is 67.7 Å². The molecule has 3 aromatic carbocycles. The molecule has 2 saturated heterocycles. The number of nitrogens with one attached hydrogen (secondary N) is 1. The molecule has 4 aromatic rings. The van der Waals surface area contributed by atoms with Gasteiger partial charge in [0.25, 0.3) is 17.4 Å². The van der Waals surface area contributed by atoms with Crippen LogP contribution < -0.4 is 25.4 Å². The topological polar surface area (TPSA) is 87.1 Å². The fourth-order valence-electron chi connectivity index (χ4n) is 7.20. The van der Waals surface area contributed by atoms with Crippen LogP contribution in [0, 0.1) is 5.92 Å². The van der Waals surface area contributed by atoms with Gasteiger partial charge < -0.3 is 29.3 Å². The van der Waals surface area contributed by atoms with E-state index in [1.807, 2.05) is 58.0 Å². The van der Waals surface area contributed by atoms with Crippen molar-refractivity contribution in [3.05, 3.63) is 117 Å². The predicted molar refractivity (Wildman–Crippen MR) is 181 cm³/mol. The molecule has 0 aliphatic carbocycles. The van der Waals surface area contributed by atoms with E-state index in [0.29, 0.717) is 67.0 Å². The van der Waals surface area contributed by atoms with Crippen LogP contribution in [0.25, 0.3) is 0 Å². The van der Waals surface area contributed by atoms with E-state index in [-0.39, 0.29) is 23.3 Å². The average molecular weight is 638 g/mol. The number of ether oxygens (including phenoxy) is 1. The van der Waals surface area contributed by atoms with Gasteiger partial charge in [-0.15, -0.1) is 0 Å². The lowest BCUT2D eigenvalue weighted by Gasteiger charge is -2.44. The Balaban J connectivity index is 1.16. The van der Waals surface area contributed by atoms with E-state index in [1.165, 1.54) is 0 Å². The van der Waals surface area contributed by atoms with Crippen molar-refractivity contribution in [2.45, 2.75) is 18.9 Å². The van der Waals surface area contributed by atoms with E-state index in [1.54, 1.807) is 43.5 Å². The van der Waals surface area contributed by atoms with Crippen molar-refractivity contribution in [1.82, 2.24) is 9.47 Å². The lowest BCUT2D eigenvalue weighted by atomic mass is 9.83. The van der Waals surface area contributed by atoms with Gasteiger partial charge in [0.2, 0.25) is 0 Å². The largest absolute Gasteiger partial charge is 0.495 e. The highest BCUT2D eigenvalue weighted by atomic mass is 35.5. The van der Waals surface area contributed by atoms with E-state index in [0.717, 1.165) is 35.8 Å². The van der Waals surface area contributed by atoms with E-state index in [9.17, 15) is 14.4 Å². The summed E-state index contributed by atoms with van der Waals surface area (Å²) in [4.78, 5) is 46.3. The third-order valence-corrected chi connectivity index (χ3v) is 9.75. The van der Waals surface area contributed by atoms with Gasteiger partial charge >= 0.3 is 0 Å². The number of benzene rings is 3. The summed E-state index contributed by atoms with van der Waals surface area (Å²) in [7, 11) is 1.67. The SMILES string of the molecule is COc1ccccc1N1CCN(C(=O)c2ccc(N3CC4CC(C3)c3cccc(=O)n3C4)c(NC(=O)c3ccccc3Cl)c2)CC1. The van der Waals surface area contributed by atoms with Crippen molar-refractivity contribution < 1.29 is 14.3 Å². The lowest BCUT2D eigenvalue weighted by Crippen LogP contribution is -2.49. The number of amides is 2. The number of aromatic nitrogens is 1. The zero-order valence-electron chi connectivity index (χ0n) is 25.7. The first kappa shape index (κ1) is 29.9. The molecule has 4 heterocycles. The van der Waals surface area contributed by atoms with Gasteiger partial charge in [0.15, 0.2) is 0 Å². The summed E-state index contributed by atoms with van der Waals surface area (Å²) in [6.07, 6.45) is 1.01. The Hall–Kier alpha value is -4.76. The summed E-state index contributed by atoms with van der Waals surface area (Å²) >= 11 is 6.39. The summed E-state index contributed by atoms with van der Waals surface area (Å²) < 4.78 is 7.46. The molecule has 7 rings (SSSR count). The molecule has 2 bridgehead atoms. The van der Waals surface area contributed by atoms with Crippen LogP contribution in [0.15, 0.2) is 89.7 Å². The van der Waals surface area contributed by atoms with Crippen molar-refractivity contribution >= 4 is 40.5 Å². The Labute approximate surface area is 272 Å². The summed E-state index contributed by atoms with van der Waals surface area (Å²) in [6, 6.07) is 26.0. The molecule has 1 N–H and O–H groups in total. The number of piperidine rings is 1. The number of methoxy groups -OCH3 is 1. The van der Waals surface area contributed by atoms with E-state index >= 15 is 0 Å². The second kappa shape index (κ2) is 12.6. The summed E-state index contributed by atoms with van der Waals surface area (Å²) in [5.74, 6) is 0.877. The first-order valence-electron chi connectivity index (χ1n) is 15.7. The minimum absolute atomic E-state index is 0.0416. The van der Waals surface area contributed by atoms with E-state index < -0.39 is 0 Å². The molecule has 2 atom stereocenters. The molecular formula is C36H36ClN5O4. The molecular weight excluding hydrogens is 602 g/mol. The van der Waals surface area contributed by atoms with Crippen LogP contribution >= 0.6 is 11.6 Å². The zero-order valence-corrected chi connectivity index (χ0v) is 26.5. The molecule has 1 aromatic heterocycles. The third kappa shape index (κ3) is 5.71. The fraction of sp³-hybridized carbons (Fsp3) is 0.306. The van der Waals surface area contributed by atoms with Gasteiger partial charge in [0.05, 0.1) is 34.8 Å². The molecule has 2 fully saturated rings.